The predicted octanol–water partition coefficient (Wildman–Crippen LogP) is 1.97. The highest BCUT2D eigenvalue weighted by atomic mass is 16.4. The Balaban J connectivity index is 3.81. The van der Waals surface area contributed by atoms with Crippen LogP contribution in [-0.4, -0.2) is 41.1 Å². The minimum atomic E-state index is -0.786. The van der Waals surface area contributed by atoms with Crippen LogP contribution in [0.4, 0.5) is 4.79 Å². The summed E-state index contributed by atoms with van der Waals surface area (Å²) >= 11 is 0. The van der Waals surface area contributed by atoms with Crippen LogP contribution in [0.2, 0.25) is 0 Å². The highest BCUT2D eigenvalue weighted by molar-refractivity contribution is 5.74. The first-order chi connectivity index (χ1) is 8.99. The van der Waals surface area contributed by atoms with E-state index < -0.39 is 5.97 Å². The third kappa shape index (κ3) is 8.89. The fourth-order valence-corrected chi connectivity index (χ4v) is 1.64. The molecule has 0 aromatic rings. The lowest BCUT2D eigenvalue weighted by atomic mass is 10.2. The Hall–Kier alpha value is -1.77. The number of rotatable bonds is 9. The zero-order chi connectivity index (χ0) is 14.7. The van der Waals surface area contributed by atoms with Crippen molar-refractivity contribution in [1.29, 1.82) is 5.26 Å². The molecule has 108 valence electrons. The molecule has 19 heavy (non-hydrogen) atoms. The first kappa shape index (κ1) is 17.2. The lowest BCUT2D eigenvalue weighted by Gasteiger charge is -2.26. The minimum Gasteiger partial charge on any atom is -0.481 e. The van der Waals surface area contributed by atoms with Crippen LogP contribution in [0.3, 0.4) is 0 Å². The number of carboxylic acid groups (broad SMARTS) is 1. The first-order valence-electron chi connectivity index (χ1n) is 6.62. The number of nitriles is 1. The second kappa shape index (κ2) is 10.2. The summed E-state index contributed by atoms with van der Waals surface area (Å²) in [5.41, 5.74) is 0. The van der Waals surface area contributed by atoms with Crippen molar-refractivity contribution in [3.05, 3.63) is 0 Å². The summed E-state index contributed by atoms with van der Waals surface area (Å²) in [6, 6.07) is 1.92. The fraction of sp³-hybridized carbons (Fsp3) is 0.769. The van der Waals surface area contributed by atoms with Gasteiger partial charge in [-0.15, -0.1) is 0 Å². The lowest BCUT2D eigenvalue weighted by Crippen LogP contribution is -2.44. The van der Waals surface area contributed by atoms with Gasteiger partial charge in [-0.1, -0.05) is 6.42 Å². The molecule has 0 radical (unpaired) electrons. The SMILES string of the molecule is CC(C)N(CCC#N)C(=O)NCCCCCC(=O)O. The maximum Gasteiger partial charge on any atom is 0.317 e. The molecule has 0 aliphatic heterocycles. The number of carboxylic acids is 1. The van der Waals surface area contributed by atoms with Crippen molar-refractivity contribution in [1.82, 2.24) is 10.2 Å². The Labute approximate surface area is 114 Å². The van der Waals surface area contributed by atoms with E-state index >= 15 is 0 Å². The van der Waals surface area contributed by atoms with Crippen LogP contribution in [0.25, 0.3) is 0 Å². The van der Waals surface area contributed by atoms with Crippen molar-refractivity contribution in [2.75, 3.05) is 13.1 Å². The molecule has 2 amide bonds. The molecule has 0 atom stereocenters. The molecular weight excluding hydrogens is 246 g/mol. The number of nitrogens with zero attached hydrogens (tertiary/aromatic N) is 2. The van der Waals surface area contributed by atoms with E-state index in [0.29, 0.717) is 25.9 Å². The molecule has 0 aliphatic carbocycles. The zero-order valence-electron chi connectivity index (χ0n) is 11.7. The van der Waals surface area contributed by atoms with E-state index in [2.05, 4.69) is 5.32 Å². The number of urea groups is 1. The van der Waals surface area contributed by atoms with Gasteiger partial charge in [0.05, 0.1) is 12.5 Å². The highest BCUT2D eigenvalue weighted by Gasteiger charge is 2.15. The van der Waals surface area contributed by atoms with E-state index in [9.17, 15) is 9.59 Å². The van der Waals surface area contributed by atoms with Gasteiger partial charge in [0, 0.05) is 25.6 Å². The van der Waals surface area contributed by atoms with E-state index in [0.717, 1.165) is 12.8 Å². The van der Waals surface area contributed by atoms with E-state index in [4.69, 9.17) is 10.4 Å². The van der Waals surface area contributed by atoms with Crippen molar-refractivity contribution < 1.29 is 14.7 Å². The second-order valence-electron chi connectivity index (χ2n) is 4.63. The maximum atomic E-state index is 11.8. The maximum absolute atomic E-state index is 11.8. The standard InChI is InChI=1S/C13H23N3O3/c1-11(2)16(10-6-8-14)13(19)15-9-5-3-4-7-12(17)18/h11H,3-7,9-10H2,1-2H3,(H,15,19)(H,17,18). The van der Waals surface area contributed by atoms with Gasteiger partial charge in [0.1, 0.15) is 0 Å². The van der Waals surface area contributed by atoms with Crippen LogP contribution < -0.4 is 5.32 Å². The summed E-state index contributed by atoms with van der Waals surface area (Å²) in [5, 5.41) is 19.8. The molecule has 0 saturated heterocycles. The van der Waals surface area contributed by atoms with Gasteiger partial charge in [0.15, 0.2) is 0 Å². The number of aliphatic carboxylic acids is 1. The molecule has 0 fully saturated rings. The number of nitrogens with one attached hydrogen (secondary N) is 1. The first-order valence-corrected chi connectivity index (χ1v) is 6.62. The Morgan fingerprint density at radius 2 is 2.00 bits per heavy atom. The monoisotopic (exact) mass is 269 g/mol. The molecule has 0 heterocycles. The summed E-state index contributed by atoms with van der Waals surface area (Å²) in [7, 11) is 0. The van der Waals surface area contributed by atoms with E-state index in [1.54, 1.807) is 4.90 Å². The van der Waals surface area contributed by atoms with E-state index in [1.807, 2.05) is 19.9 Å². The Bertz CT molecular complexity index is 324. The largest absolute Gasteiger partial charge is 0.481 e. The summed E-state index contributed by atoms with van der Waals surface area (Å²) < 4.78 is 0. The zero-order valence-corrected chi connectivity index (χ0v) is 11.7. The Morgan fingerprint density at radius 3 is 2.53 bits per heavy atom. The number of unbranched alkanes of at least 4 members (excludes halogenated alkanes) is 2. The normalized spacial score (nSPS) is 10.0. The number of amides is 2. The minimum absolute atomic E-state index is 0.0559. The van der Waals surface area contributed by atoms with Crippen LogP contribution in [0.5, 0.6) is 0 Å². The number of hydrogen-bond acceptors (Lipinski definition) is 3. The van der Waals surface area contributed by atoms with Crippen molar-refractivity contribution in [2.45, 2.75) is 52.0 Å². The van der Waals surface area contributed by atoms with Crippen molar-refractivity contribution in [3.8, 4) is 6.07 Å². The number of carbonyl (C=O) groups is 2. The molecule has 0 unspecified atom stereocenters. The van der Waals surface area contributed by atoms with Crippen molar-refractivity contribution >= 4 is 12.0 Å². The topological polar surface area (TPSA) is 93.4 Å². The molecule has 6 nitrogen and oxygen atoms in total. The highest BCUT2D eigenvalue weighted by Crippen LogP contribution is 2.02. The third-order valence-electron chi connectivity index (χ3n) is 2.69. The van der Waals surface area contributed by atoms with Crippen LogP contribution in [0, 0.1) is 11.3 Å². The molecule has 0 aromatic heterocycles. The summed E-state index contributed by atoms with van der Waals surface area (Å²) in [6.45, 7) is 4.78. The van der Waals surface area contributed by atoms with Gasteiger partial charge in [-0.25, -0.2) is 4.79 Å². The number of carbonyl (C=O) groups excluding carboxylic acids is 1. The van der Waals surface area contributed by atoms with Gasteiger partial charge < -0.3 is 15.3 Å². The molecule has 0 rings (SSSR count). The fourth-order valence-electron chi connectivity index (χ4n) is 1.64. The Kier molecular flexibility index (Phi) is 9.23. The quantitative estimate of drug-likeness (QED) is 0.626. The predicted molar refractivity (Wildman–Crippen MR) is 71.6 cm³/mol. The summed E-state index contributed by atoms with van der Waals surface area (Å²) in [6.07, 6.45) is 2.68. The van der Waals surface area contributed by atoms with Crippen LogP contribution in [0.1, 0.15) is 46.0 Å². The van der Waals surface area contributed by atoms with Gasteiger partial charge in [0.2, 0.25) is 0 Å². The molecule has 0 spiro atoms. The van der Waals surface area contributed by atoms with Crippen LogP contribution in [0.15, 0.2) is 0 Å². The van der Waals surface area contributed by atoms with Gasteiger partial charge in [-0.2, -0.15) is 5.26 Å². The second-order valence-corrected chi connectivity index (χ2v) is 4.63. The van der Waals surface area contributed by atoms with Crippen LogP contribution >= 0.6 is 0 Å². The molecule has 6 heteroatoms. The summed E-state index contributed by atoms with van der Waals surface area (Å²) in [4.78, 5) is 23.8. The van der Waals surface area contributed by atoms with Crippen molar-refractivity contribution in [2.24, 2.45) is 0 Å². The number of hydrogen-bond donors (Lipinski definition) is 2. The molecular formula is C13H23N3O3. The molecule has 0 bridgehead atoms. The smallest absolute Gasteiger partial charge is 0.317 e. The van der Waals surface area contributed by atoms with E-state index in [1.165, 1.54) is 0 Å². The van der Waals surface area contributed by atoms with E-state index in [-0.39, 0.29) is 18.5 Å². The average molecular weight is 269 g/mol. The lowest BCUT2D eigenvalue weighted by molar-refractivity contribution is -0.137. The van der Waals surface area contributed by atoms with Crippen LogP contribution in [-0.2, 0) is 4.79 Å². The molecule has 2 N–H and O–H groups in total. The van der Waals surface area contributed by atoms with Gasteiger partial charge in [0.25, 0.3) is 0 Å². The van der Waals surface area contributed by atoms with Crippen molar-refractivity contribution in [3.63, 3.8) is 0 Å². The van der Waals surface area contributed by atoms with Gasteiger partial charge in [-0.3, -0.25) is 4.79 Å². The average Bonchev–Trinajstić information content (AvgIpc) is 2.33. The Morgan fingerprint density at radius 1 is 1.32 bits per heavy atom. The molecule has 0 saturated carbocycles. The molecule has 0 aliphatic rings. The van der Waals surface area contributed by atoms with Gasteiger partial charge >= 0.3 is 12.0 Å². The molecule has 0 aromatic carbocycles. The third-order valence-corrected chi connectivity index (χ3v) is 2.69. The van der Waals surface area contributed by atoms with Gasteiger partial charge in [-0.05, 0) is 26.7 Å². The summed E-state index contributed by atoms with van der Waals surface area (Å²) in [5.74, 6) is -0.786.